The number of halogens is 1. The SMILES string of the molecule is COc1ccc(Br)c(CN(C)C2CCN(C)CC2)c1. The molecule has 4 heteroatoms. The van der Waals surface area contributed by atoms with Gasteiger partial charge < -0.3 is 9.64 Å². The van der Waals surface area contributed by atoms with Crippen LogP contribution < -0.4 is 4.74 Å². The number of methoxy groups -OCH3 is 1. The fraction of sp³-hybridized carbons (Fsp3) is 0.600. The molecule has 0 radical (unpaired) electrons. The third-order valence-corrected chi connectivity index (χ3v) is 4.76. The molecular formula is C15H23BrN2O. The van der Waals surface area contributed by atoms with Crippen LogP contribution in [0.1, 0.15) is 18.4 Å². The fourth-order valence-electron chi connectivity index (χ4n) is 2.63. The number of ether oxygens (including phenoxy) is 1. The molecule has 0 bridgehead atoms. The van der Waals surface area contributed by atoms with E-state index in [2.05, 4.69) is 52.0 Å². The lowest BCUT2D eigenvalue weighted by molar-refractivity contribution is 0.139. The van der Waals surface area contributed by atoms with Crippen molar-refractivity contribution in [1.29, 1.82) is 0 Å². The van der Waals surface area contributed by atoms with Gasteiger partial charge in [-0.2, -0.15) is 0 Å². The molecule has 0 aromatic heterocycles. The van der Waals surface area contributed by atoms with Crippen molar-refractivity contribution < 1.29 is 4.74 Å². The van der Waals surface area contributed by atoms with E-state index in [0.717, 1.165) is 16.8 Å². The fourth-order valence-corrected chi connectivity index (χ4v) is 3.00. The van der Waals surface area contributed by atoms with Gasteiger partial charge in [-0.05, 0) is 63.8 Å². The Morgan fingerprint density at radius 1 is 1.37 bits per heavy atom. The van der Waals surface area contributed by atoms with Crippen molar-refractivity contribution in [2.45, 2.75) is 25.4 Å². The van der Waals surface area contributed by atoms with Crippen LogP contribution in [0.25, 0.3) is 0 Å². The first-order valence-corrected chi connectivity index (χ1v) is 7.60. The van der Waals surface area contributed by atoms with E-state index < -0.39 is 0 Å². The second kappa shape index (κ2) is 6.73. The molecule has 0 amide bonds. The normalized spacial score (nSPS) is 17.9. The van der Waals surface area contributed by atoms with E-state index >= 15 is 0 Å². The summed E-state index contributed by atoms with van der Waals surface area (Å²) >= 11 is 3.63. The van der Waals surface area contributed by atoms with E-state index in [4.69, 9.17) is 4.74 Å². The lowest BCUT2D eigenvalue weighted by Crippen LogP contribution is -2.41. The summed E-state index contributed by atoms with van der Waals surface area (Å²) in [4.78, 5) is 4.87. The first kappa shape index (κ1) is 14.8. The lowest BCUT2D eigenvalue weighted by atomic mass is 10.0. The third-order valence-electron chi connectivity index (χ3n) is 3.98. The van der Waals surface area contributed by atoms with Gasteiger partial charge in [-0.15, -0.1) is 0 Å². The van der Waals surface area contributed by atoms with Crippen molar-refractivity contribution in [2.24, 2.45) is 0 Å². The van der Waals surface area contributed by atoms with Crippen molar-refractivity contribution in [1.82, 2.24) is 9.80 Å². The maximum absolute atomic E-state index is 5.30. The van der Waals surface area contributed by atoms with E-state index in [1.165, 1.54) is 31.5 Å². The molecule has 1 aliphatic rings. The summed E-state index contributed by atoms with van der Waals surface area (Å²) in [5.41, 5.74) is 1.29. The molecule has 1 heterocycles. The number of hydrogen-bond donors (Lipinski definition) is 0. The Kier molecular flexibility index (Phi) is 5.25. The second-order valence-corrected chi connectivity index (χ2v) is 6.26. The largest absolute Gasteiger partial charge is 0.497 e. The Balaban J connectivity index is 2.00. The quantitative estimate of drug-likeness (QED) is 0.846. The average Bonchev–Trinajstić information content (AvgIpc) is 2.42. The van der Waals surface area contributed by atoms with Crippen LogP contribution in [0.5, 0.6) is 5.75 Å². The predicted octanol–water partition coefficient (Wildman–Crippen LogP) is 2.98. The molecule has 0 saturated carbocycles. The van der Waals surface area contributed by atoms with Crippen LogP contribution in [0, 0.1) is 0 Å². The van der Waals surface area contributed by atoms with E-state index in [0.29, 0.717) is 6.04 Å². The Morgan fingerprint density at radius 3 is 2.68 bits per heavy atom. The predicted molar refractivity (Wildman–Crippen MR) is 82.7 cm³/mol. The van der Waals surface area contributed by atoms with Gasteiger partial charge in [0.2, 0.25) is 0 Å². The van der Waals surface area contributed by atoms with Crippen LogP contribution in [-0.4, -0.2) is 50.1 Å². The minimum absolute atomic E-state index is 0.689. The first-order valence-electron chi connectivity index (χ1n) is 6.81. The molecule has 1 aliphatic heterocycles. The maximum atomic E-state index is 5.30. The Labute approximate surface area is 124 Å². The molecule has 3 nitrogen and oxygen atoms in total. The number of piperidine rings is 1. The summed E-state index contributed by atoms with van der Waals surface area (Å²) < 4.78 is 6.47. The van der Waals surface area contributed by atoms with E-state index in [9.17, 15) is 0 Å². The summed E-state index contributed by atoms with van der Waals surface area (Å²) in [5.74, 6) is 0.926. The zero-order chi connectivity index (χ0) is 13.8. The molecular weight excluding hydrogens is 304 g/mol. The molecule has 0 N–H and O–H groups in total. The minimum atomic E-state index is 0.689. The number of benzene rings is 1. The molecule has 2 rings (SSSR count). The van der Waals surface area contributed by atoms with Crippen LogP contribution in [0.4, 0.5) is 0 Å². The Bertz CT molecular complexity index is 417. The highest BCUT2D eigenvalue weighted by atomic mass is 79.9. The van der Waals surface area contributed by atoms with Crippen LogP contribution in [0.15, 0.2) is 22.7 Å². The highest BCUT2D eigenvalue weighted by Gasteiger charge is 2.21. The molecule has 106 valence electrons. The number of nitrogens with zero attached hydrogens (tertiary/aromatic N) is 2. The van der Waals surface area contributed by atoms with Crippen molar-refractivity contribution in [3.63, 3.8) is 0 Å². The van der Waals surface area contributed by atoms with Crippen molar-refractivity contribution in [3.8, 4) is 5.75 Å². The second-order valence-electron chi connectivity index (χ2n) is 5.41. The van der Waals surface area contributed by atoms with Crippen LogP contribution in [0.2, 0.25) is 0 Å². The summed E-state index contributed by atoms with van der Waals surface area (Å²) in [5, 5.41) is 0. The molecule has 1 fully saturated rings. The van der Waals surface area contributed by atoms with E-state index in [1.807, 2.05) is 6.07 Å². The van der Waals surface area contributed by atoms with Gasteiger partial charge in [0.1, 0.15) is 5.75 Å². The topological polar surface area (TPSA) is 15.7 Å². The zero-order valence-corrected chi connectivity index (χ0v) is 13.6. The van der Waals surface area contributed by atoms with Gasteiger partial charge in [-0.3, -0.25) is 4.90 Å². The Morgan fingerprint density at radius 2 is 2.05 bits per heavy atom. The summed E-state index contributed by atoms with van der Waals surface area (Å²) in [6, 6.07) is 6.87. The molecule has 1 aromatic carbocycles. The first-order chi connectivity index (χ1) is 9.10. The van der Waals surface area contributed by atoms with Crippen molar-refractivity contribution >= 4 is 15.9 Å². The summed E-state index contributed by atoms with van der Waals surface area (Å²) in [7, 11) is 6.14. The summed E-state index contributed by atoms with van der Waals surface area (Å²) in [6.45, 7) is 3.37. The molecule has 0 unspecified atom stereocenters. The maximum Gasteiger partial charge on any atom is 0.119 e. The molecule has 1 saturated heterocycles. The standard InChI is InChI=1S/C15H23BrN2O/c1-17-8-6-13(7-9-17)18(2)11-12-10-14(19-3)4-5-15(12)16/h4-5,10,13H,6-9,11H2,1-3H3. The highest BCUT2D eigenvalue weighted by molar-refractivity contribution is 9.10. The monoisotopic (exact) mass is 326 g/mol. The third kappa shape index (κ3) is 3.94. The summed E-state index contributed by atoms with van der Waals surface area (Å²) in [6.07, 6.45) is 2.52. The van der Waals surface area contributed by atoms with Crippen molar-refractivity contribution in [2.75, 3.05) is 34.3 Å². The average molecular weight is 327 g/mol. The number of rotatable bonds is 4. The number of hydrogen-bond acceptors (Lipinski definition) is 3. The molecule has 0 spiro atoms. The van der Waals surface area contributed by atoms with Gasteiger partial charge >= 0.3 is 0 Å². The zero-order valence-electron chi connectivity index (χ0n) is 12.0. The number of likely N-dealkylation sites (tertiary alicyclic amines) is 1. The van der Waals surface area contributed by atoms with E-state index in [1.54, 1.807) is 7.11 Å². The molecule has 19 heavy (non-hydrogen) atoms. The minimum Gasteiger partial charge on any atom is -0.497 e. The van der Waals surface area contributed by atoms with Gasteiger partial charge in [0.25, 0.3) is 0 Å². The lowest BCUT2D eigenvalue weighted by Gasteiger charge is -2.35. The highest BCUT2D eigenvalue weighted by Crippen LogP contribution is 2.25. The van der Waals surface area contributed by atoms with Crippen LogP contribution >= 0.6 is 15.9 Å². The van der Waals surface area contributed by atoms with Crippen LogP contribution in [-0.2, 0) is 6.54 Å². The van der Waals surface area contributed by atoms with E-state index in [-0.39, 0.29) is 0 Å². The van der Waals surface area contributed by atoms with Gasteiger partial charge in [-0.1, -0.05) is 15.9 Å². The van der Waals surface area contributed by atoms with Gasteiger partial charge in [0.05, 0.1) is 7.11 Å². The van der Waals surface area contributed by atoms with Gasteiger partial charge in [-0.25, -0.2) is 0 Å². The van der Waals surface area contributed by atoms with Crippen LogP contribution in [0.3, 0.4) is 0 Å². The van der Waals surface area contributed by atoms with Gasteiger partial charge in [0.15, 0.2) is 0 Å². The Hall–Kier alpha value is -0.580. The molecule has 0 aliphatic carbocycles. The molecule has 1 aromatic rings. The van der Waals surface area contributed by atoms with Crippen molar-refractivity contribution in [3.05, 3.63) is 28.2 Å². The molecule has 0 atom stereocenters. The van der Waals surface area contributed by atoms with Gasteiger partial charge in [0, 0.05) is 17.1 Å². The smallest absolute Gasteiger partial charge is 0.119 e.